The van der Waals surface area contributed by atoms with Gasteiger partial charge in [0, 0.05) is 6.61 Å². The molecule has 0 amide bonds. The van der Waals surface area contributed by atoms with E-state index in [0.717, 1.165) is 29.5 Å². The zero-order valence-electron chi connectivity index (χ0n) is 24.3. The van der Waals surface area contributed by atoms with Crippen molar-refractivity contribution in [3.63, 3.8) is 0 Å². The highest BCUT2D eigenvalue weighted by atomic mass is 16.7. The quantitative estimate of drug-likeness (QED) is 0.162. The van der Waals surface area contributed by atoms with E-state index in [4.69, 9.17) is 23.7 Å². The van der Waals surface area contributed by atoms with E-state index in [1.807, 2.05) is 91.0 Å². The Bertz CT molecular complexity index is 1060. The third-order valence-electron chi connectivity index (χ3n) is 7.36. The molecule has 0 radical (unpaired) electrons. The first-order valence-corrected chi connectivity index (χ1v) is 15.1. The minimum absolute atomic E-state index is 0.263. The number of aliphatic hydroxyl groups is 1. The molecule has 3 aromatic rings. The van der Waals surface area contributed by atoms with Crippen LogP contribution in [0.2, 0.25) is 0 Å². The number of aliphatic hydroxyl groups excluding tert-OH is 1. The van der Waals surface area contributed by atoms with Gasteiger partial charge in [-0.25, -0.2) is 0 Å². The van der Waals surface area contributed by atoms with E-state index in [2.05, 4.69) is 6.92 Å². The van der Waals surface area contributed by atoms with Gasteiger partial charge < -0.3 is 28.8 Å². The number of unbranched alkanes of at least 4 members (excludes halogenated alkanes) is 5. The summed E-state index contributed by atoms with van der Waals surface area (Å²) in [7, 11) is 0. The van der Waals surface area contributed by atoms with Crippen molar-refractivity contribution in [3.8, 4) is 0 Å². The Hall–Kier alpha value is -2.58. The Labute approximate surface area is 245 Å². The Morgan fingerprint density at radius 3 is 1.88 bits per heavy atom. The topological polar surface area (TPSA) is 66.4 Å². The van der Waals surface area contributed by atoms with Crippen LogP contribution in [0.15, 0.2) is 91.0 Å². The fourth-order valence-corrected chi connectivity index (χ4v) is 5.01. The van der Waals surface area contributed by atoms with Gasteiger partial charge in [0.1, 0.15) is 24.4 Å². The van der Waals surface area contributed by atoms with Gasteiger partial charge in [-0.05, 0) is 23.1 Å². The first-order chi connectivity index (χ1) is 20.2. The van der Waals surface area contributed by atoms with Crippen LogP contribution in [0.1, 0.15) is 62.1 Å². The maximum absolute atomic E-state index is 11.5. The minimum Gasteiger partial charge on any atom is -0.387 e. The predicted molar refractivity (Wildman–Crippen MR) is 160 cm³/mol. The molecule has 5 atom stereocenters. The highest BCUT2D eigenvalue weighted by Gasteiger charge is 2.49. The minimum atomic E-state index is -0.936. The van der Waals surface area contributed by atoms with Gasteiger partial charge in [0.25, 0.3) is 0 Å². The molecule has 222 valence electrons. The normalized spacial score (nSPS) is 21.2. The number of benzene rings is 3. The number of hydrogen-bond donors (Lipinski definition) is 1. The van der Waals surface area contributed by atoms with Crippen LogP contribution in [0.5, 0.6) is 0 Å². The van der Waals surface area contributed by atoms with Crippen molar-refractivity contribution in [2.75, 3.05) is 13.2 Å². The molecule has 0 aromatic heterocycles. The second-order valence-electron chi connectivity index (χ2n) is 10.7. The monoisotopic (exact) mass is 562 g/mol. The summed E-state index contributed by atoms with van der Waals surface area (Å²) in [5.41, 5.74) is 3.15. The molecule has 1 N–H and O–H groups in total. The Balaban J connectivity index is 1.41. The summed E-state index contributed by atoms with van der Waals surface area (Å²) >= 11 is 0. The van der Waals surface area contributed by atoms with Crippen LogP contribution >= 0.6 is 0 Å². The molecule has 1 fully saturated rings. The van der Waals surface area contributed by atoms with E-state index in [1.165, 1.54) is 25.7 Å². The first kappa shape index (κ1) is 31.4. The van der Waals surface area contributed by atoms with Crippen LogP contribution in [-0.4, -0.2) is 49.0 Å². The van der Waals surface area contributed by atoms with Gasteiger partial charge in [-0.1, -0.05) is 130 Å². The first-order valence-electron chi connectivity index (χ1n) is 15.1. The maximum Gasteiger partial charge on any atom is 0.186 e. The largest absolute Gasteiger partial charge is 0.387 e. The predicted octanol–water partition coefficient (Wildman–Crippen LogP) is 6.84. The summed E-state index contributed by atoms with van der Waals surface area (Å²) in [5.74, 6) is 0. The van der Waals surface area contributed by atoms with E-state index < -0.39 is 30.7 Å². The fraction of sp³-hybridized carbons (Fsp3) is 0.486. The lowest BCUT2D eigenvalue weighted by Crippen LogP contribution is -2.43. The highest BCUT2D eigenvalue weighted by Crippen LogP contribution is 2.30. The summed E-state index contributed by atoms with van der Waals surface area (Å²) in [6, 6.07) is 30.0. The van der Waals surface area contributed by atoms with Crippen molar-refractivity contribution in [3.05, 3.63) is 108 Å². The van der Waals surface area contributed by atoms with Crippen molar-refractivity contribution >= 4 is 0 Å². The highest BCUT2D eigenvalue weighted by molar-refractivity contribution is 5.15. The molecule has 1 saturated heterocycles. The number of rotatable bonds is 19. The maximum atomic E-state index is 11.5. The summed E-state index contributed by atoms with van der Waals surface area (Å²) in [6.07, 6.45) is 3.58. The number of hydrogen-bond acceptors (Lipinski definition) is 6. The van der Waals surface area contributed by atoms with E-state index in [0.29, 0.717) is 26.4 Å². The second kappa shape index (κ2) is 18.1. The standard InChI is InChI=1S/C35H46O6/c1-2-3-4-5-6-16-23-38-35-34(40-26-30-21-14-9-15-22-30)32(36)33(41-35)31(39-25-29-19-12-8-13-20-29)27-37-24-28-17-10-7-11-18-28/h7-15,17-22,31-36H,2-6,16,23-27H2,1H3/t31-,32-,33+,34+,35+/m1/s1. The Morgan fingerprint density at radius 2 is 1.24 bits per heavy atom. The second-order valence-corrected chi connectivity index (χ2v) is 10.7. The SMILES string of the molecule is CCCCCCCCO[C@H]1O[C@@H]([C@@H](COCc2ccccc2)OCc2ccccc2)[C@@H](O)[C@@H]1OCc1ccccc1. The summed E-state index contributed by atoms with van der Waals surface area (Å²) < 4.78 is 31.2. The van der Waals surface area contributed by atoms with Crippen LogP contribution < -0.4 is 0 Å². The molecule has 1 aliphatic rings. The van der Waals surface area contributed by atoms with Gasteiger partial charge >= 0.3 is 0 Å². The molecule has 1 heterocycles. The van der Waals surface area contributed by atoms with Gasteiger partial charge in [-0.15, -0.1) is 0 Å². The van der Waals surface area contributed by atoms with Gasteiger partial charge in [-0.2, -0.15) is 0 Å². The van der Waals surface area contributed by atoms with E-state index >= 15 is 0 Å². The molecule has 41 heavy (non-hydrogen) atoms. The Morgan fingerprint density at radius 1 is 0.683 bits per heavy atom. The van der Waals surface area contributed by atoms with Crippen molar-refractivity contribution in [2.24, 2.45) is 0 Å². The molecule has 1 aliphatic heterocycles. The van der Waals surface area contributed by atoms with E-state index in [9.17, 15) is 5.11 Å². The molecular weight excluding hydrogens is 516 g/mol. The molecule has 3 aromatic carbocycles. The molecule has 0 aliphatic carbocycles. The van der Waals surface area contributed by atoms with Gasteiger partial charge in [0.2, 0.25) is 0 Å². The van der Waals surface area contributed by atoms with Crippen LogP contribution in [-0.2, 0) is 43.5 Å². The van der Waals surface area contributed by atoms with Crippen molar-refractivity contribution < 1.29 is 28.8 Å². The molecule has 0 unspecified atom stereocenters. The van der Waals surface area contributed by atoms with Gasteiger partial charge in [-0.3, -0.25) is 0 Å². The van der Waals surface area contributed by atoms with Gasteiger partial charge in [0.05, 0.1) is 26.4 Å². The average molecular weight is 563 g/mol. The summed E-state index contributed by atoms with van der Waals surface area (Å²) in [6.45, 7) is 4.23. The molecule has 4 rings (SSSR count). The van der Waals surface area contributed by atoms with E-state index in [1.54, 1.807) is 0 Å². The molecule has 6 nitrogen and oxygen atoms in total. The lowest BCUT2D eigenvalue weighted by Gasteiger charge is -2.26. The third-order valence-corrected chi connectivity index (χ3v) is 7.36. The van der Waals surface area contributed by atoms with Crippen LogP contribution in [0.4, 0.5) is 0 Å². The molecule has 0 saturated carbocycles. The fourth-order valence-electron chi connectivity index (χ4n) is 5.01. The molecular formula is C35H46O6. The third kappa shape index (κ3) is 10.6. The zero-order chi connectivity index (χ0) is 28.5. The lowest BCUT2D eigenvalue weighted by atomic mass is 10.1. The molecule has 0 spiro atoms. The van der Waals surface area contributed by atoms with Crippen LogP contribution in [0.25, 0.3) is 0 Å². The zero-order valence-corrected chi connectivity index (χ0v) is 24.3. The van der Waals surface area contributed by atoms with Gasteiger partial charge in [0.15, 0.2) is 6.29 Å². The van der Waals surface area contributed by atoms with Crippen molar-refractivity contribution in [2.45, 2.75) is 96.0 Å². The lowest BCUT2D eigenvalue weighted by molar-refractivity contribution is -0.198. The van der Waals surface area contributed by atoms with E-state index in [-0.39, 0.29) is 6.61 Å². The van der Waals surface area contributed by atoms with Crippen molar-refractivity contribution in [1.29, 1.82) is 0 Å². The number of ether oxygens (including phenoxy) is 5. The van der Waals surface area contributed by atoms with Crippen molar-refractivity contribution in [1.82, 2.24) is 0 Å². The van der Waals surface area contributed by atoms with Crippen LogP contribution in [0, 0.1) is 0 Å². The molecule has 0 bridgehead atoms. The molecule has 6 heteroatoms. The summed E-state index contributed by atoms with van der Waals surface area (Å²) in [5, 5.41) is 11.5. The Kier molecular flexibility index (Phi) is 13.8. The average Bonchev–Trinajstić information content (AvgIpc) is 3.33. The smallest absolute Gasteiger partial charge is 0.186 e. The summed E-state index contributed by atoms with van der Waals surface area (Å²) in [4.78, 5) is 0. The van der Waals surface area contributed by atoms with Crippen LogP contribution in [0.3, 0.4) is 0 Å².